The standard InChI is InChI=1S/C15H23N5O10/c1-5(12(26)20-8(15(29)30)3-9(17)21)18-14(28)7(4-11(24)25)19-13(27)6(16)2-10(22)23/h5-8H,2-4,16H2,1H3,(H2,17,21)(H,18,28)(H,19,27)(H,20,26)(H,22,23)(H,24,25)(H,29,30). The van der Waals surface area contributed by atoms with Gasteiger partial charge in [-0.3, -0.25) is 28.8 Å². The van der Waals surface area contributed by atoms with Crippen LogP contribution in [0.1, 0.15) is 26.2 Å². The van der Waals surface area contributed by atoms with Crippen molar-refractivity contribution < 1.29 is 48.9 Å². The van der Waals surface area contributed by atoms with Gasteiger partial charge in [0.15, 0.2) is 0 Å². The van der Waals surface area contributed by atoms with Crippen LogP contribution in [-0.4, -0.2) is 81.0 Å². The number of amides is 4. The van der Waals surface area contributed by atoms with Crippen molar-refractivity contribution in [2.45, 2.75) is 50.4 Å². The van der Waals surface area contributed by atoms with E-state index in [0.29, 0.717) is 0 Å². The van der Waals surface area contributed by atoms with Gasteiger partial charge >= 0.3 is 17.9 Å². The average molecular weight is 433 g/mol. The summed E-state index contributed by atoms with van der Waals surface area (Å²) in [5.41, 5.74) is 10.2. The van der Waals surface area contributed by atoms with Gasteiger partial charge < -0.3 is 42.7 Å². The molecule has 0 aliphatic rings. The lowest BCUT2D eigenvalue weighted by atomic mass is 10.1. The van der Waals surface area contributed by atoms with Crippen molar-refractivity contribution in [3.63, 3.8) is 0 Å². The van der Waals surface area contributed by atoms with Crippen molar-refractivity contribution in [2.75, 3.05) is 0 Å². The van der Waals surface area contributed by atoms with Crippen molar-refractivity contribution >= 4 is 41.5 Å². The summed E-state index contributed by atoms with van der Waals surface area (Å²) in [5, 5.41) is 32.5. The molecule has 15 nitrogen and oxygen atoms in total. The number of hydrogen-bond acceptors (Lipinski definition) is 8. The summed E-state index contributed by atoms with van der Waals surface area (Å²) in [5.74, 6) is -8.70. The third kappa shape index (κ3) is 9.98. The predicted octanol–water partition coefficient (Wildman–Crippen LogP) is -4.30. The van der Waals surface area contributed by atoms with Crippen molar-refractivity contribution in [2.24, 2.45) is 11.5 Å². The Morgan fingerprint density at radius 2 is 1.23 bits per heavy atom. The van der Waals surface area contributed by atoms with E-state index >= 15 is 0 Å². The maximum absolute atomic E-state index is 12.3. The zero-order valence-corrected chi connectivity index (χ0v) is 15.8. The van der Waals surface area contributed by atoms with E-state index in [1.54, 1.807) is 0 Å². The molecular formula is C15H23N5O10. The molecule has 0 rings (SSSR count). The monoisotopic (exact) mass is 433 g/mol. The molecule has 0 aromatic heterocycles. The van der Waals surface area contributed by atoms with Gasteiger partial charge in [-0.2, -0.15) is 0 Å². The van der Waals surface area contributed by atoms with E-state index in [2.05, 4.69) is 5.32 Å². The molecule has 10 N–H and O–H groups in total. The molecule has 4 amide bonds. The molecule has 0 saturated heterocycles. The Balaban J connectivity index is 5.12. The lowest BCUT2D eigenvalue weighted by molar-refractivity contribution is -0.144. The minimum absolute atomic E-state index is 0.707. The summed E-state index contributed by atoms with van der Waals surface area (Å²) in [4.78, 5) is 79.6. The van der Waals surface area contributed by atoms with Gasteiger partial charge in [-0.15, -0.1) is 0 Å². The summed E-state index contributed by atoms with van der Waals surface area (Å²) >= 11 is 0. The summed E-state index contributed by atoms with van der Waals surface area (Å²) in [6.07, 6.45) is -2.39. The average Bonchev–Trinajstić information content (AvgIpc) is 2.58. The molecule has 0 heterocycles. The summed E-state index contributed by atoms with van der Waals surface area (Å²) in [6.45, 7) is 1.13. The number of hydrogen-bond donors (Lipinski definition) is 8. The molecule has 15 heteroatoms. The first-order valence-corrected chi connectivity index (χ1v) is 8.36. The molecule has 0 aromatic carbocycles. The normalized spacial score (nSPS) is 14.3. The fourth-order valence-corrected chi connectivity index (χ4v) is 2.02. The summed E-state index contributed by atoms with van der Waals surface area (Å²) in [7, 11) is 0. The van der Waals surface area contributed by atoms with Gasteiger partial charge in [0, 0.05) is 0 Å². The first kappa shape index (κ1) is 26.2. The van der Waals surface area contributed by atoms with Gasteiger partial charge in [0.25, 0.3) is 0 Å². The van der Waals surface area contributed by atoms with Crippen molar-refractivity contribution in [3.8, 4) is 0 Å². The van der Waals surface area contributed by atoms with E-state index in [1.165, 1.54) is 0 Å². The second kappa shape index (κ2) is 11.9. The molecule has 0 aliphatic heterocycles. The number of carboxylic acids is 3. The molecule has 4 atom stereocenters. The molecule has 0 aromatic rings. The SMILES string of the molecule is CC(NC(=O)C(CC(=O)O)NC(=O)C(N)CC(=O)O)C(=O)NC(CC(N)=O)C(=O)O. The summed E-state index contributed by atoms with van der Waals surface area (Å²) in [6, 6.07) is -6.31. The van der Waals surface area contributed by atoms with Gasteiger partial charge in [-0.25, -0.2) is 4.79 Å². The second-order valence-corrected chi connectivity index (χ2v) is 6.16. The van der Waals surface area contributed by atoms with Gasteiger partial charge in [0.1, 0.15) is 18.1 Å². The quantitative estimate of drug-likeness (QED) is 0.137. The Hall–Kier alpha value is -3.75. The summed E-state index contributed by atoms with van der Waals surface area (Å²) < 4.78 is 0. The van der Waals surface area contributed by atoms with E-state index in [9.17, 15) is 33.6 Å². The number of rotatable bonds is 13. The van der Waals surface area contributed by atoms with E-state index < -0.39 is 85.0 Å². The lowest BCUT2D eigenvalue weighted by Crippen LogP contribution is -2.57. The van der Waals surface area contributed by atoms with Crippen LogP contribution in [0.3, 0.4) is 0 Å². The minimum Gasteiger partial charge on any atom is -0.481 e. The van der Waals surface area contributed by atoms with E-state index in [4.69, 9.17) is 26.8 Å². The van der Waals surface area contributed by atoms with E-state index in [0.717, 1.165) is 6.92 Å². The van der Waals surface area contributed by atoms with Crippen LogP contribution in [0.5, 0.6) is 0 Å². The third-order valence-corrected chi connectivity index (χ3v) is 3.51. The van der Waals surface area contributed by atoms with Crippen molar-refractivity contribution in [1.82, 2.24) is 16.0 Å². The maximum atomic E-state index is 12.3. The molecule has 168 valence electrons. The highest BCUT2D eigenvalue weighted by atomic mass is 16.4. The number of carbonyl (C=O) groups is 7. The zero-order chi connectivity index (χ0) is 23.6. The minimum atomic E-state index is -1.70. The van der Waals surface area contributed by atoms with Crippen LogP contribution < -0.4 is 27.4 Å². The first-order chi connectivity index (χ1) is 13.7. The van der Waals surface area contributed by atoms with Crippen molar-refractivity contribution in [3.05, 3.63) is 0 Å². The largest absolute Gasteiger partial charge is 0.481 e. The number of carbonyl (C=O) groups excluding carboxylic acids is 4. The molecule has 30 heavy (non-hydrogen) atoms. The van der Waals surface area contributed by atoms with Gasteiger partial charge in [-0.1, -0.05) is 0 Å². The highest BCUT2D eigenvalue weighted by molar-refractivity contribution is 5.96. The van der Waals surface area contributed by atoms with Crippen molar-refractivity contribution in [1.29, 1.82) is 0 Å². The number of nitrogens with one attached hydrogen (secondary N) is 3. The third-order valence-electron chi connectivity index (χ3n) is 3.51. The molecule has 0 saturated carbocycles. The number of aliphatic carboxylic acids is 3. The van der Waals surface area contributed by atoms with Crippen LogP contribution >= 0.6 is 0 Å². The Kier molecular flexibility index (Phi) is 10.5. The lowest BCUT2D eigenvalue weighted by Gasteiger charge is -2.22. The van der Waals surface area contributed by atoms with E-state index in [-0.39, 0.29) is 0 Å². The van der Waals surface area contributed by atoms with Gasteiger partial charge in [0.2, 0.25) is 23.6 Å². The van der Waals surface area contributed by atoms with Crippen LogP contribution in [0.4, 0.5) is 0 Å². The topological polar surface area (TPSA) is 268 Å². The maximum Gasteiger partial charge on any atom is 0.326 e. The Labute approximate surface area is 169 Å². The molecule has 0 radical (unpaired) electrons. The zero-order valence-electron chi connectivity index (χ0n) is 15.8. The molecule has 0 spiro atoms. The van der Waals surface area contributed by atoms with Gasteiger partial charge in [0.05, 0.1) is 25.3 Å². The number of carboxylic acid groups (broad SMARTS) is 3. The van der Waals surface area contributed by atoms with Crippen LogP contribution in [0.25, 0.3) is 0 Å². The molecule has 0 aliphatic carbocycles. The second-order valence-electron chi connectivity index (χ2n) is 6.16. The Bertz CT molecular complexity index is 725. The van der Waals surface area contributed by atoms with E-state index in [1.807, 2.05) is 10.6 Å². The van der Waals surface area contributed by atoms with Gasteiger partial charge in [-0.05, 0) is 6.92 Å². The first-order valence-electron chi connectivity index (χ1n) is 8.36. The fourth-order valence-electron chi connectivity index (χ4n) is 2.02. The molecule has 0 fully saturated rings. The highest BCUT2D eigenvalue weighted by Gasteiger charge is 2.30. The van der Waals surface area contributed by atoms with Crippen LogP contribution in [-0.2, 0) is 33.6 Å². The molecule has 0 bridgehead atoms. The smallest absolute Gasteiger partial charge is 0.326 e. The highest BCUT2D eigenvalue weighted by Crippen LogP contribution is 1.99. The number of primary amides is 1. The van der Waals surface area contributed by atoms with Crippen LogP contribution in [0.15, 0.2) is 0 Å². The predicted molar refractivity (Wildman–Crippen MR) is 95.4 cm³/mol. The Morgan fingerprint density at radius 3 is 1.67 bits per heavy atom. The molecule has 4 unspecified atom stereocenters. The molecular weight excluding hydrogens is 410 g/mol. The fraction of sp³-hybridized carbons (Fsp3) is 0.533. The van der Waals surface area contributed by atoms with Crippen LogP contribution in [0.2, 0.25) is 0 Å². The van der Waals surface area contributed by atoms with Crippen LogP contribution in [0, 0.1) is 0 Å². The number of nitrogens with two attached hydrogens (primary N) is 2. The Morgan fingerprint density at radius 1 is 0.733 bits per heavy atom.